The molecule has 0 atom stereocenters. The third-order valence-corrected chi connectivity index (χ3v) is 4.19. The van der Waals surface area contributed by atoms with Crippen LogP contribution in [-0.2, 0) is 0 Å². The molecule has 156 valence electrons. The molecule has 0 aliphatic rings. The first-order chi connectivity index (χ1) is 14.4. The first kappa shape index (κ1) is 24.9. The maximum atomic E-state index is 2.19. The largest absolute Gasteiger partial charge is 0.0622 e. The van der Waals surface area contributed by atoms with E-state index in [-0.39, 0.29) is 0 Å². The number of hydrogen-bond donors (Lipinski definition) is 0. The van der Waals surface area contributed by atoms with E-state index in [1.54, 1.807) is 0 Å². The van der Waals surface area contributed by atoms with Gasteiger partial charge in [0, 0.05) is 0 Å². The van der Waals surface area contributed by atoms with E-state index in [1.807, 2.05) is 54.6 Å². The second-order valence-electron chi connectivity index (χ2n) is 7.63. The van der Waals surface area contributed by atoms with E-state index in [0.29, 0.717) is 0 Å². The topological polar surface area (TPSA) is 0 Å². The number of hydrogen-bond acceptors (Lipinski definition) is 0. The molecule has 4 aromatic carbocycles. The van der Waals surface area contributed by atoms with Gasteiger partial charge in [-0.3, -0.25) is 0 Å². The molecule has 0 aliphatic carbocycles. The molecule has 4 rings (SSSR count). The van der Waals surface area contributed by atoms with Crippen LogP contribution in [0, 0.1) is 41.5 Å². The van der Waals surface area contributed by atoms with Gasteiger partial charge >= 0.3 is 0 Å². The zero-order chi connectivity index (χ0) is 22.2. The smallest absolute Gasteiger partial charge is 0.0398 e. The first-order valence-corrected chi connectivity index (χ1v) is 10.5. The molecular formula is C30H36. The van der Waals surface area contributed by atoms with Crippen LogP contribution >= 0.6 is 0 Å². The summed E-state index contributed by atoms with van der Waals surface area (Å²) in [6.45, 7) is 12.6. The van der Waals surface area contributed by atoms with Crippen LogP contribution in [0.2, 0.25) is 0 Å². The van der Waals surface area contributed by atoms with Gasteiger partial charge in [-0.1, -0.05) is 143 Å². The van der Waals surface area contributed by atoms with Gasteiger partial charge in [0.25, 0.3) is 0 Å². The van der Waals surface area contributed by atoms with Crippen LogP contribution in [0.3, 0.4) is 0 Å². The van der Waals surface area contributed by atoms with Gasteiger partial charge in [-0.2, -0.15) is 0 Å². The molecule has 0 radical (unpaired) electrons. The van der Waals surface area contributed by atoms with Gasteiger partial charge in [-0.25, -0.2) is 0 Å². The second kappa shape index (κ2) is 14.8. The first-order valence-electron chi connectivity index (χ1n) is 10.5. The van der Waals surface area contributed by atoms with Gasteiger partial charge in [0.2, 0.25) is 0 Å². The number of rotatable bonds is 0. The van der Waals surface area contributed by atoms with Crippen LogP contribution in [0.5, 0.6) is 0 Å². The van der Waals surface area contributed by atoms with Gasteiger partial charge in [0.1, 0.15) is 0 Å². The lowest BCUT2D eigenvalue weighted by molar-refractivity contribution is 1.32. The van der Waals surface area contributed by atoms with Crippen molar-refractivity contribution in [2.75, 3.05) is 0 Å². The summed E-state index contributed by atoms with van der Waals surface area (Å²) < 4.78 is 0. The highest BCUT2D eigenvalue weighted by Crippen LogP contribution is 2.06. The van der Waals surface area contributed by atoms with E-state index in [4.69, 9.17) is 0 Å². The number of benzene rings is 4. The third-order valence-electron chi connectivity index (χ3n) is 4.19. The van der Waals surface area contributed by atoms with Crippen molar-refractivity contribution in [3.63, 3.8) is 0 Å². The highest BCUT2D eigenvalue weighted by Gasteiger charge is 1.87. The quantitative estimate of drug-likeness (QED) is 0.279. The van der Waals surface area contributed by atoms with Crippen molar-refractivity contribution in [3.8, 4) is 0 Å². The summed E-state index contributed by atoms with van der Waals surface area (Å²) in [6.07, 6.45) is 0. The molecule has 0 unspecified atom stereocenters. The maximum absolute atomic E-state index is 2.19. The van der Waals surface area contributed by atoms with Crippen molar-refractivity contribution >= 4 is 0 Å². The molecule has 30 heavy (non-hydrogen) atoms. The molecule has 0 spiro atoms. The van der Waals surface area contributed by atoms with Crippen molar-refractivity contribution in [1.82, 2.24) is 0 Å². The predicted octanol–water partition coefficient (Wildman–Crippen LogP) is 8.60. The highest BCUT2D eigenvalue weighted by atomic mass is 13.9. The summed E-state index contributed by atoms with van der Waals surface area (Å²) in [6, 6.07) is 37.3. The van der Waals surface area contributed by atoms with Crippen LogP contribution in [0.1, 0.15) is 33.4 Å². The summed E-state index contributed by atoms with van der Waals surface area (Å²) >= 11 is 0. The van der Waals surface area contributed by atoms with E-state index in [0.717, 1.165) is 0 Å². The van der Waals surface area contributed by atoms with E-state index >= 15 is 0 Å². The fraction of sp³-hybridized carbons (Fsp3) is 0.200. The molecule has 0 heteroatoms. The Kier molecular flexibility index (Phi) is 12.3. The van der Waals surface area contributed by atoms with Crippen molar-refractivity contribution in [2.45, 2.75) is 41.5 Å². The van der Waals surface area contributed by atoms with Gasteiger partial charge in [0.15, 0.2) is 0 Å². The third kappa shape index (κ3) is 13.1. The molecule has 0 saturated heterocycles. The molecule has 0 N–H and O–H groups in total. The van der Waals surface area contributed by atoms with E-state index in [1.165, 1.54) is 33.4 Å². The summed E-state index contributed by atoms with van der Waals surface area (Å²) in [7, 11) is 0. The van der Waals surface area contributed by atoms with Crippen LogP contribution in [0.15, 0.2) is 109 Å². The Bertz CT molecular complexity index is 784. The average Bonchev–Trinajstić information content (AvgIpc) is 2.70. The van der Waals surface area contributed by atoms with E-state index < -0.39 is 0 Å². The summed E-state index contributed by atoms with van der Waals surface area (Å²) in [5.74, 6) is 0. The van der Waals surface area contributed by atoms with Crippen molar-refractivity contribution in [3.05, 3.63) is 143 Å². The van der Waals surface area contributed by atoms with Crippen molar-refractivity contribution in [1.29, 1.82) is 0 Å². The summed E-state index contributed by atoms with van der Waals surface area (Å²) in [5, 5.41) is 0. The van der Waals surface area contributed by atoms with Crippen LogP contribution in [-0.4, -0.2) is 0 Å². The molecule has 0 amide bonds. The van der Waals surface area contributed by atoms with Gasteiger partial charge in [-0.15, -0.1) is 0 Å². The normalized spacial score (nSPS) is 9.00. The lowest BCUT2D eigenvalue weighted by atomic mass is 10.1. The fourth-order valence-electron chi connectivity index (χ4n) is 2.81. The summed E-state index contributed by atoms with van der Waals surface area (Å²) in [4.78, 5) is 0. The van der Waals surface area contributed by atoms with Gasteiger partial charge < -0.3 is 0 Å². The average molecular weight is 397 g/mol. The molecule has 4 aromatic rings. The van der Waals surface area contributed by atoms with E-state index in [9.17, 15) is 0 Å². The van der Waals surface area contributed by atoms with Crippen LogP contribution in [0.4, 0.5) is 0 Å². The zero-order valence-corrected chi connectivity index (χ0v) is 19.4. The Hall–Kier alpha value is -3.12. The molecule has 0 fully saturated rings. The zero-order valence-electron chi connectivity index (χ0n) is 19.4. The van der Waals surface area contributed by atoms with E-state index in [2.05, 4.69) is 96.1 Å². The lowest BCUT2D eigenvalue weighted by Gasteiger charge is -1.96. The minimum Gasteiger partial charge on any atom is -0.0622 e. The maximum Gasteiger partial charge on any atom is -0.0398 e. The molecule has 0 nitrogen and oxygen atoms in total. The minimum absolute atomic E-state index is 1.32. The number of aryl methyl sites for hydroxylation is 6. The Morgan fingerprint density at radius 2 is 0.467 bits per heavy atom. The van der Waals surface area contributed by atoms with Crippen molar-refractivity contribution in [2.24, 2.45) is 0 Å². The predicted molar refractivity (Wildman–Crippen MR) is 134 cm³/mol. The SMILES string of the molecule is Cc1cc(C)cc(C)c1.Cc1ccccc1.Cc1ccccc1.Cc1ccccc1. The summed E-state index contributed by atoms with van der Waals surface area (Å²) in [5.41, 5.74) is 8.03. The molecule has 0 bridgehead atoms. The Morgan fingerprint density at radius 3 is 0.600 bits per heavy atom. The van der Waals surface area contributed by atoms with Gasteiger partial charge in [0.05, 0.1) is 0 Å². The van der Waals surface area contributed by atoms with Gasteiger partial charge in [-0.05, 0) is 41.5 Å². The Morgan fingerprint density at radius 1 is 0.267 bits per heavy atom. The molecule has 0 aliphatic heterocycles. The highest BCUT2D eigenvalue weighted by molar-refractivity contribution is 5.27. The molecule has 0 heterocycles. The minimum atomic E-state index is 1.32. The van der Waals surface area contributed by atoms with Crippen LogP contribution in [0.25, 0.3) is 0 Å². The molecule has 0 aromatic heterocycles. The lowest BCUT2D eigenvalue weighted by Crippen LogP contribution is -1.78. The fourth-order valence-corrected chi connectivity index (χ4v) is 2.81. The standard InChI is InChI=1S/C9H12.3C7H8/c1-7-4-8(2)6-9(3)5-7;3*1-7-5-3-2-4-6-7/h4-6H,1-3H3;3*2-6H,1H3. The van der Waals surface area contributed by atoms with Crippen LogP contribution < -0.4 is 0 Å². The Balaban J connectivity index is 0.000000201. The molecule has 0 saturated carbocycles. The second-order valence-corrected chi connectivity index (χ2v) is 7.63. The Labute approximate surface area is 184 Å². The monoisotopic (exact) mass is 396 g/mol. The van der Waals surface area contributed by atoms with Crippen molar-refractivity contribution < 1.29 is 0 Å². The molecular weight excluding hydrogens is 360 g/mol.